The number of ether oxygens (including phenoxy) is 1. The first-order chi connectivity index (χ1) is 12.9. The SMILES string of the molecule is N#CC1=C(N)Oc2ccccc2[C@@]12C(=O)N(CC(N)=O)C1=C2C(=O)CCC1. The lowest BCUT2D eigenvalue weighted by Crippen LogP contribution is -2.48. The molecule has 1 spiro atoms. The quantitative estimate of drug-likeness (QED) is 0.776. The maximum absolute atomic E-state index is 13.6. The van der Waals surface area contributed by atoms with Crippen molar-refractivity contribution in [3.8, 4) is 11.8 Å². The van der Waals surface area contributed by atoms with E-state index in [4.69, 9.17) is 16.2 Å². The van der Waals surface area contributed by atoms with Crippen LogP contribution in [0.25, 0.3) is 0 Å². The van der Waals surface area contributed by atoms with Gasteiger partial charge in [-0.25, -0.2) is 0 Å². The lowest BCUT2D eigenvalue weighted by atomic mass is 9.65. The maximum Gasteiger partial charge on any atom is 0.248 e. The number of hydrogen-bond donors (Lipinski definition) is 2. The van der Waals surface area contributed by atoms with Crippen LogP contribution in [0.4, 0.5) is 0 Å². The predicted molar refractivity (Wildman–Crippen MR) is 92.4 cm³/mol. The standard InChI is InChI=1S/C19H16N4O4/c20-8-11-17(22)27-14-7-2-1-4-10(14)19(11)16-12(5-3-6-13(16)24)23(18(19)26)9-15(21)25/h1-2,4,7H,3,5-6,9,22H2,(H2,21,25)/t19-/m1/s1. The molecule has 2 aliphatic heterocycles. The van der Waals surface area contributed by atoms with E-state index in [1.54, 1.807) is 24.3 Å². The maximum atomic E-state index is 13.6. The van der Waals surface area contributed by atoms with Crippen LogP contribution in [0.2, 0.25) is 0 Å². The van der Waals surface area contributed by atoms with Gasteiger partial charge in [0.1, 0.15) is 29.4 Å². The molecule has 8 nitrogen and oxygen atoms in total. The molecule has 2 heterocycles. The Bertz CT molecular complexity index is 1020. The van der Waals surface area contributed by atoms with Gasteiger partial charge >= 0.3 is 0 Å². The van der Waals surface area contributed by atoms with E-state index in [1.807, 2.05) is 6.07 Å². The third-order valence-corrected chi connectivity index (χ3v) is 5.21. The van der Waals surface area contributed by atoms with Gasteiger partial charge < -0.3 is 21.1 Å². The molecular formula is C19H16N4O4. The summed E-state index contributed by atoms with van der Waals surface area (Å²) in [5.41, 5.74) is 10.5. The van der Waals surface area contributed by atoms with Gasteiger partial charge in [-0.2, -0.15) is 5.26 Å². The van der Waals surface area contributed by atoms with Crippen molar-refractivity contribution in [1.29, 1.82) is 5.26 Å². The number of ketones is 1. The summed E-state index contributed by atoms with van der Waals surface area (Å²) in [5.74, 6) is -1.45. The first kappa shape index (κ1) is 16.8. The van der Waals surface area contributed by atoms with Crippen molar-refractivity contribution in [2.24, 2.45) is 11.5 Å². The summed E-state index contributed by atoms with van der Waals surface area (Å²) in [6, 6.07) is 8.62. The zero-order valence-electron chi connectivity index (χ0n) is 14.3. The van der Waals surface area contributed by atoms with Gasteiger partial charge in [-0.1, -0.05) is 18.2 Å². The fraction of sp³-hybridized carbons (Fsp3) is 0.263. The Kier molecular flexibility index (Phi) is 3.56. The largest absolute Gasteiger partial charge is 0.440 e. The highest BCUT2D eigenvalue weighted by molar-refractivity contribution is 6.15. The molecule has 0 unspecified atom stereocenters. The second kappa shape index (κ2) is 5.71. The molecule has 0 saturated carbocycles. The Morgan fingerprint density at radius 2 is 2.04 bits per heavy atom. The number of benzene rings is 1. The minimum Gasteiger partial charge on any atom is -0.440 e. The van der Waals surface area contributed by atoms with Crippen LogP contribution in [-0.2, 0) is 19.8 Å². The molecule has 1 aromatic carbocycles. The van der Waals surface area contributed by atoms with E-state index in [1.165, 1.54) is 4.90 Å². The van der Waals surface area contributed by atoms with Gasteiger partial charge in [-0.3, -0.25) is 14.4 Å². The number of amides is 2. The molecule has 8 heteroatoms. The average molecular weight is 364 g/mol. The Balaban J connectivity index is 2.10. The number of carbonyl (C=O) groups excluding carboxylic acids is 3. The zero-order chi connectivity index (χ0) is 19.3. The van der Waals surface area contributed by atoms with E-state index in [0.717, 1.165) is 0 Å². The van der Waals surface area contributed by atoms with Crippen molar-refractivity contribution in [3.05, 3.63) is 52.6 Å². The van der Waals surface area contributed by atoms with Crippen LogP contribution in [-0.4, -0.2) is 29.0 Å². The average Bonchev–Trinajstić information content (AvgIpc) is 2.86. The minimum absolute atomic E-state index is 0.138. The summed E-state index contributed by atoms with van der Waals surface area (Å²) in [7, 11) is 0. The fourth-order valence-corrected chi connectivity index (χ4v) is 4.25. The summed E-state index contributed by atoms with van der Waals surface area (Å²) in [5, 5.41) is 9.81. The van der Waals surface area contributed by atoms with Crippen LogP contribution in [0.1, 0.15) is 24.8 Å². The second-order valence-corrected chi connectivity index (χ2v) is 6.66. The van der Waals surface area contributed by atoms with Crippen LogP contribution in [0, 0.1) is 11.3 Å². The summed E-state index contributed by atoms with van der Waals surface area (Å²) in [6.07, 6.45) is 1.24. The molecule has 1 atom stereocenters. The number of nitrogens with zero attached hydrogens (tertiary/aromatic N) is 2. The van der Waals surface area contributed by atoms with Gasteiger partial charge in [0, 0.05) is 23.3 Å². The normalized spacial score (nSPS) is 23.9. The number of carbonyl (C=O) groups is 3. The number of allylic oxidation sites excluding steroid dienone is 1. The Morgan fingerprint density at radius 3 is 2.74 bits per heavy atom. The minimum atomic E-state index is -1.70. The lowest BCUT2D eigenvalue weighted by Gasteiger charge is -2.35. The Labute approximate surface area is 154 Å². The first-order valence-corrected chi connectivity index (χ1v) is 8.47. The van der Waals surface area contributed by atoms with E-state index in [0.29, 0.717) is 29.9 Å². The molecular weight excluding hydrogens is 348 g/mol. The molecule has 0 fully saturated rings. The van der Waals surface area contributed by atoms with Crippen molar-refractivity contribution in [2.45, 2.75) is 24.7 Å². The smallest absolute Gasteiger partial charge is 0.248 e. The fourth-order valence-electron chi connectivity index (χ4n) is 4.25. The first-order valence-electron chi connectivity index (χ1n) is 8.47. The monoisotopic (exact) mass is 364 g/mol. The molecule has 4 rings (SSSR count). The number of nitrogens with two attached hydrogens (primary N) is 2. The Hall–Kier alpha value is -3.60. The molecule has 136 valence electrons. The van der Waals surface area contributed by atoms with Gasteiger partial charge in [-0.05, 0) is 18.9 Å². The number of primary amides is 1. The molecule has 1 aromatic rings. The Morgan fingerprint density at radius 1 is 1.30 bits per heavy atom. The third-order valence-electron chi connectivity index (χ3n) is 5.21. The number of rotatable bonds is 2. The van der Waals surface area contributed by atoms with Crippen LogP contribution in [0.5, 0.6) is 5.75 Å². The van der Waals surface area contributed by atoms with E-state index >= 15 is 0 Å². The predicted octanol–water partition coefficient (Wildman–Crippen LogP) is 0.345. The van der Waals surface area contributed by atoms with Gasteiger partial charge in [0.25, 0.3) is 0 Å². The number of fused-ring (bicyclic) bond motifs is 3. The van der Waals surface area contributed by atoms with E-state index in [-0.39, 0.29) is 35.8 Å². The molecule has 0 aromatic heterocycles. The van der Waals surface area contributed by atoms with Gasteiger partial charge in [-0.15, -0.1) is 0 Å². The number of para-hydroxylation sites is 1. The van der Waals surface area contributed by atoms with E-state index < -0.39 is 17.2 Å². The van der Waals surface area contributed by atoms with Crippen LogP contribution in [0.3, 0.4) is 0 Å². The van der Waals surface area contributed by atoms with Gasteiger partial charge in [0.05, 0.1) is 0 Å². The number of Topliss-reactive ketones (excluding diaryl/α,β-unsaturated/α-hetero) is 1. The summed E-state index contributed by atoms with van der Waals surface area (Å²) in [6.45, 7) is -0.367. The molecule has 2 amide bonds. The molecule has 1 aliphatic carbocycles. The van der Waals surface area contributed by atoms with Crippen LogP contribution < -0.4 is 16.2 Å². The van der Waals surface area contributed by atoms with E-state index in [2.05, 4.69) is 0 Å². The highest BCUT2D eigenvalue weighted by Gasteiger charge is 2.62. The zero-order valence-corrected chi connectivity index (χ0v) is 14.3. The van der Waals surface area contributed by atoms with Crippen molar-refractivity contribution in [1.82, 2.24) is 4.90 Å². The molecule has 3 aliphatic rings. The highest BCUT2D eigenvalue weighted by atomic mass is 16.5. The van der Waals surface area contributed by atoms with Crippen molar-refractivity contribution in [2.75, 3.05) is 6.54 Å². The van der Waals surface area contributed by atoms with Crippen LogP contribution in [0.15, 0.2) is 47.0 Å². The van der Waals surface area contributed by atoms with Crippen molar-refractivity contribution in [3.63, 3.8) is 0 Å². The van der Waals surface area contributed by atoms with Gasteiger partial charge in [0.2, 0.25) is 17.7 Å². The lowest BCUT2D eigenvalue weighted by molar-refractivity contribution is -0.134. The van der Waals surface area contributed by atoms with E-state index in [9.17, 15) is 19.6 Å². The topological polar surface area (TPSA) is 140 Å². The summed E-state index contributed by atoms with van der Waals surface area (Å²) >= 11 is 0. The summed E-state index contributed by atoms with van der Waals surface area (Å²) in [4.78, 5) is 39.4. The molecule has 0 radical (unpaired) electrons. The van der Waals surface area contributed by atoms with Crippen molar-refractivity contribution >= 4 is 17.6 Å². The highest BCUT2D eigenvalue weighted by Crippen LogP contribution is 2.55. The molecule has 0 bridgehead atoms. The number of nitriles is 1. The molecule has 4 N–H and O–H groups in total. The van der Waals surface area contributed by atoms with Crippen LogP contribution >= 0.6 is 0 Å². The van der Waals surface area contributed by atoms with Gasteiger partial charge in [0.15, 0.2) is 5.78 Å². The molecule has 27 heavy (non-hydrogen) atoms. The molecule has 0 saturated heterocycles. The number of hydrogen-bond acceptors (Lipinski definition) is 6. The summed E-state index contributed by atoms with van der Waals surface area (Å²) < 4.78 is 5.54. The second-order valence-electron chi connectivity index (χ2n) is 6.66. The third kappa shape index (κ3) is 2.05. The van der Waals surface area contributed by atoms with Crippen molar-refractivity contribution < 1.29 is 19.1 Å².